The molecule has 18 heavy (non-hydrogen) atoms. The highest BCUT2D eigenvalue weighted by Crippen LogP contribution is 2.14. The van der Waals surface area contributed by atoms with Gasteiger partial charge in [0.2, 0.25) is 0 Å². The van der Waals surface area contributed by atoms with Crippen LogP contribution < -0.4 is 11.2 Å². The molecule has 92 valence electrons. The number of hydrazone groups is 1. The largest absolute Gasteiger partial charge is 0.399 e. The van der Waals surface area contributed by atoms with Crippen LogP contribution >= 0.6 is 11.6 Å². The van der Waals surface area contributed by atoms with Gasteiger partial charge in [0.1, 0.15) is 0 Å². The van der Waals surface area contributed by atoms with Gasteiger partial charge in [-0.15, -0.1) is 0 Å². The number of nitrogen functional groups attached to an aromatic ring is 1. The summed E-state index contributed by atoms with van der Waals surface area (Å²) in [5, 5.41) is 5.01. The van der Waals surface area contributed by atoms with Gasteiger partial charge in [0, 0.05) is 10.7 Å². The monoisotopic (exact) mass is 259 g/mol. The third-order valence-corrected chi connectivity index (χ3v) is 2.78. The van der Waals surface area contributed by atoms with E-state index in [2.05, 4.69) is 10.5 Å². The van der Waals surface area contributed by atoms with E-state index < -0.39 is 0 Å². The van der Waals surface area contributed by atoms with Crippen molar-refractivity contribution in [3.05, 3.63) is 59.1 Å². The molecular weight excluding hydrogens is 246 g/mol. The molecule has 0 fully saturated rings. The lowest BCUT2D eigenvalue weighted by Gasteiger charge is -2.04. The first-order valence-corrected chi connectivity index (χ1v) is 5.95. The van der Waals surface area contributed by atoms with E-state index in [9.17, 15) is 0 Å². The molecule has 0 radical (unpaired) electrons. The first-order valence-electron chi connectivity index (χ1n) is 5.57. The van der Waals surface area contributed by atoms with E-state index >= 15 is 0 Å². The fraction of sp³-hybridized carbons (Fsp3) is 0.0714. The van der Waals surface area contributed by atoms with Crippen LogP contribution in [0.4, 0.5) is 11.4 Å². The Morgan fingerprint density at radius 1 is 1.06 bits per heavy atom. The van der Waals surface area contributed by atoms with Crippen LogP contribution in [-0.4, -0.2) is 5.71 Å². The minimum atomic E-state index is 0.708. The zero-order valence-corrected chi connectivity index (χ0v) is 10.8. The third kappa shape index (κ3) is 3.25. The van der Waals surface area contributed by atoms with Crippen LogP contribution in [0.15, 0.2) is 53.6 Å². The van der Waals surface area contributed by atoms with Gasteiger partial charge in [0.15, 0.2) is 0 Å². The Bertz CT molecular complexity index is 544. The molecule has 0 saturated heterocycles. The Morgan fingerprint density at radius 3 is 2.28 bits per heavy atom. The summed E-state index contributed by atoms with van der Waals surface area (Å²) in [5.74, 6) is 0. The standard InChI is InChI=1S/C14H14ClN3/c1-10(11-2-6-13(16)7-3-11)17-18-14-8-4-12(15)5-9-14/h2-9,18H,16H2,1H3/b17-10+. The van der Waals surface area contributed by atoms with Crippen molar-refractivity contribution in [2.75, 3.05) is 11.2 Å². The Hall–Kier alpha value is -2.00. The molecule has 0 spiro atoms. The van der Waals surface area contributed by atoms with Crippen molar-refractivity contribution in [1.82, 2.24) is 0 Å². The van der Waals surface area contributed by atoms with Gasteiger partial charge >= 0.3 is 0 Å². The number of nitrogens with two attached hydrogens (primary N) is 1. The maximum atomic E-state index is 5.81. The van der Waals surface area contributed by atoms with Crippen LogP contribution in [0.3, 0.4) is 0 Å². The lowest BCUT2D eigenvalue weighted by atomic mass is 10.1. The topological polar surface area (TPSA) is 50.4 Å². The number of anilines is 2. The molecule has 0 atom stereocenters. The normalized spacial score (nSPS) is 11.3. The molecule has 2 aromatic rings. The van der Waals surface area contributed by atoms with Crippen molar-refractivity contribution in [2.24, 2.45) is 5.10 Å². The second kappa shape index (κ2) is 5.56. The van der Waals surface area contributed by atoms with E-state index in [1.165, 1.54) is 0 Å². The minimum Gasteiger partial charge on any atom is -0.399 e. The first-order chi connectivity index (χ1) is 8.65. The average Bonchev–Trinajstić information content (AvgIpc) is 2.38. The molecule has 2 aromatic carbocycles. The third-order valence-electron chi connectivity index (χ3n) is 2.53. The van der Waals surface area contributed by atoms with Crippen molar-refractivity contribution in [3.8, 4) is 0 Å². The Kier molecular flexibility index (Phi) is 3.85. The predicted molar refractivity (Wildman–Crippen MR) is 78.1 cm³/mol. The second-order valence-electron chi connectivity index (χ2n) is 3.94. The van der Waals surface area contributed by atoms with Crippen LogP contribution in [0.25, 0.3) is 0 Å². The van der Waals surface area contributed by atoms with Gasteiger partial charge < -0.3 is 5.73 Å². The maximum absolute atomic E-state index is 5.81. The summed E-state index contributed by atoms with van der Waals surface area (Å²) in [7, 11) is 0. The molecular formula is C14H14ClN3. The molecule has 0 amide bonds. The molecule has 0 unspecified atom stereocenters. The van der Waals surface area contributed by atoms with Crippen molar-refractivity contribution in [2.45, 2.75) is 6.92 Å². The molecule has 0 aliphatic heterocycles. The van der Waals surface area contributed by atoms with Crippen LogP contribution in [0, 0.1) is 0 Å². The van der Waals surface area contributed by atoms with Crippen LogP contribution in [0.5, 0.6) is 0 Å². The average molecular weight is 260 g/mol. The zero-order valence-electron chi connectivity index (χ0n) is 10.0. The van der Waals surface area contributed by atoms with E-state index in [-0.39, 0.29) is 0 Å². The Labute approximate surface area is 111 Å². The highest BCUT2D eigenvalue weighted by Gasteiger charge is 1.97. The predicted octanol–water partition coefficient (Wildman–Crippen LogP) is 3.76. The number of halogens is 1. The molecule has 4 heteroatoms. The van der Waals surface area contributed by atoms with Gasteiger partial charge in [0.25, 0.3) is 0 Å². The summed E-state index contributed by atoms with van der Waals surface area (Å²) < 4.78 is 0. The fourth-order valence-corrected chi connectivity index (χ4v) is 1.59. The van der Waals surface area contributed by atoms with Crippen LogP contribution in [-0.2, 0) is 0 Å². The molecule has 3 N–H and O–H groups in total. The smallest absolute Gasteiger partial charge is 0.0648 e. The molecule has 0 aliphatic carbocycles. The van der Waals surface area contributed by atoms with Crippen LogP contribution in [0.2, 0.25) is 5.02 Å². The van der Waals surface area contributed by atoms with Crippen molar-refractivity contribution < 1.29 is 0 Å². The molecule has 0 bridgehead atoms. The van der Waals surface area contributed by atoms with Crippen molar-refractivity contribution in [1.29, 1.82) is 0 Å². The number of hydrogen-bond donors (Lipinski definition) is 2. The van der Waals surface area contributed by atoms with Gasteiger partial charge in [0.05, 0.1) is 11.4 Å². The fourth-order valence-electron chi connectivity index (χ4n) is 1.46. The summed E-state index contributed by atoms with van der Waals surface area (Å²) in [6, 6.07) is 15.0. The van der Waals surface area contributed by atoms with Crippen LogP contribution in [0.1, 0.15) is 12.5 Å². The van der Waals surface area contributed by atoms with Crippen molar-refractivity contribution in [3.63, 3.8) is 0 Å². The van der Waals surface area contributed by atoms with Gasteiger partial charge in [-0.3, -0.25) is 5.43 Å². The van der Waals surface area contributed by atoms with E-state index in [0.717, 1.165) is 22.6 Å². The van der Waals surface area contributed by atoms with E-state index in [0.29, 0.717) is 5.02 Å². The Morgan fingerprint density at radius 2 is 1.67 bits per heavy atom. The molecule has 0 aliphatic rings. The molecule has 2 rings (SSSR count). The quantitative estimate of drug-likeness (QED) is 0.501. The minimum absolute atomic E-state index is 0.708. The SMILES string of the molecule is C/C(=N\Nc1ccc(Cl)cc1)c1ccc(N)cc1. The van der Waals surface area contributed by atoms with Gasteiger partial charge in [-0.25, -0.2) is 0 Å². The zero-order chi connectivity index (χ0) is 13.0. The molecule has 0 heterocycles. The number of nitrogens with one attached hydrogen (secondary N) is 1. The highest BCUT2D eigenvalue weighted by atomic mass is 35.5. The summed E-state index contributed by atoms with van der Waals surface area (Å²) in [6.45, 7) is 1.94. The second-order valence-corrected chi connectivity index (χ2v) is 4.37. The summed E-state index contributed by atoms with van der Waals surface area (Å²) in [4.78, 5) is 0. The van der Waals surface area contributed by atoms with E-state index in [1.54, 1.807) is 0 Å². The lowest BCUT2D eigenvalue weighted by Crippen LogP contribution is -1.99. The van der Waals surface area contributed by atoms with Gasteiger partial charge in [-0.2, -0.15) is 5.10 Å². The lowest BCUT2D eigenvalue weighted by molar-refractivity contribution is 1.32. The summed E-state index contributed by atoms with van der Waals surface area (Å²) in [5.41, 5.74) is 12.2. The van der Waals surface area contributed by atoms with E-state index in [4.69, 9.17) is 17.3 Å². The number of nitrogens with zero attached hydrogens (tertiary/aromatic N) is 1. The van der Waals surface area contributed by atoms with Crippen molar-refractivity contribution >= 4 is 28.7 Å². The maximum Gasteiger partial charge on any atom is 0.0648 e. The molecule has 3 nitrogen and oxygen atoms in total. The summed E-state index contributed by atoms with van der Waals surface area (Å²) >= 11 is 5.81. The van der Waals surface area contributed by atoms with Gasteiger partial charge in [-0.1, -0.05) is 23.7 Å². The molecule has 0 saturated carbocycles. The first kappa shape index (κ1) is 12.5. The van der Waals surface area contributed by atoms with E-state index in [1.807, 2.05) is 55.5 Å². The number of benzene rings is 2. The number of hydrogen-bond acceptors (Lipinski definition) is 3. The molecule has 0 aromatic heterocycles. The number of rotatable bonds is 3. The summed E-state index contributed by atoms with van der Waals surface area (Å²) in [6.07, 6.45) is 0. The highest BCUT2D eigenvalue weighted by molar-refractivity contribution is 6.30. The Balaban J connectivity index is 2.09. The van der Waals surface area contributed by atoms with Gasteiger partial charge in [-0.05, 0) is 48.9 Å².